The first-order chi connectivity index (χ1) is 8.72. The van der Waals surface area contributed by atoms with Gasteiger partial charge >= 0.3 is 0 Å². The number of nitrogens with zero attached hydrogens (tertiary/aromatic N) is 3. The molecular weight excluding hydrogens is 246 g/mol. The Morgan fingerprint density at radius 2 is 2.06 bits per heavy atom. The number of nitrogens with one attached hydrogen (secondary N) is 1. The predicted octanol–water partition coefficient (Wildman–Crippen LogP) is 1.89. The van der Waals surface area contributed by atoms with E-state index >= 15 is 0 Å². The molecule has 5 nitrogen and oxygen atoms in total. The fourth-order valence-corrected chi connectivity index (χ4v) is 1.67. The van der Waals surface area contributed by atoms with Crippen LogP contribution >= 0.6 is 12.6 Å². The minimum Gasteiger partial charge on any atom is -0.380 e. The molecule has 0 aliphatic carbocycles. The summed E-state index contributed by atoms with van der Waals surface area (Å²) in [5.74, 6) is 0.320. The highest BCUT2D eigenvalue weighted by molar-refractivity contribution is 7.82. The number of hydrazone groups is 1. The predicted molar refractivity (Wildman–Crippen MR) is 79.6 cm³/mol. The maximum absolute atomic E-state index is 5.76. The Hall–Kier alpha value is -1.82. The SMILES string of the molecule is CCC(S)C1=NN=C(N)C1=NNc1ccccc1. The molecule has 0 spiro atoms. The summed E-state index contributed by atoms with van der Waals surface area (Å²) in [7, 11) is 0. The van der Waals surface area contributed by atoms with E-state index in [1.807, 2.05) is 37.3 Å². The van der Waals surface area contributed by atoms with Gasteiger partial charge in [0.15, 0.2) is 11.5 Å². The molecule has 0 saturated carbocycles. The van der Waals surface area contributed by atoms with E-state index in [-0.39, 0.29) is 5.25 Å². The molecule has 3 N–H and O–H groups in total. The smallest absolute Gasteiger partial charge is 0.175 e. The lowest BCUT2D eigenvalue weighted by atomic mass is 10.1. The van der Waals surface area contributed by atoms with Crippen molar-refractivity contribution < 1.29 is 0 Å². The standard InChI is InChI=1S/C12H15N5S/c1-2-9(18)10-11(12(13)17-15-10)16-14-8-6-4-3-5-7-8/h3-7,9,14,18H,2H2,1H3,(H2,13,16,17). The molecule has 1 aromatic carbocycles. The summed E-state index contributed by atoms with van der Waals surface area (Å²) in [5, 5.41) is 12.1. The molecule has 0 saturated heterocycles. The van der Waals surface area contributed by atoms with Crippen molar-refractivity contribution in [3.05, 3.63) is 30.3 Å². The molecule has 1 aromatic rings. The largest absolute Gasteiger partial charge is 0.380 e. The highest BCUT2D eigenvalue weighted by Gasteiger charge is 2.24. The molecule has 1 heterocycles. The monoisotopic (exact) mass is 261 g/mol. The molecular formula is C12H15N5S. The lowest BCUT2D eigenvalue weighted by molar-refractivity contribution is 1.02. The van der Waals surface area contributed by atoms with Gasteiger partial charge in [-0.25, -0.2) is 0 Å². The second-order valence-corrected chi connectivity index (χ2v) is 4.46. The van der Waals surface area contributed by atoms with E-state index in [4.69, 9.17) is 5.73 Å². The van der Waals surface area contributed by atoms with Gasteiger partial charge in [-0.3, -0.25) is 5.43 Å². The van der Waals surface area contributed by atoms with Crippen molar-refractivity contribution in [1.29, 1.82) is 0 Å². The molecule has 0 radical (unpaired) electrons. The number of hydrogen-bond donors (Lipinski definition) is 3. The molecule has 2 rings (SSSR count). The first kappa shape index (κ1) is 12.6. The second-order valence-electron chi connectivity index (χ2n) is 3.83. The lowest BCUT2D eigenvalue weighted by Crippen LogP contribution is -2.32. The molecule has 0 aromatic heterocycles. The van der Waals surface area contributed by atoms with Gasteiger partial charge < -0.3 is 5.73 Å². The summed E-state index contributed by atoms with van der Waals surface area (Å²) in [6.07, 6.45) is 0.842. The average Bonchev–Trinajstić information content (AvgIpc) is 2.78. The fraction of sp³-hybridized carbons (Fsp3) is 0.250. The van der Waals surface area contributed by atoms with Crippen molar-refractivity contribution in [2.24, 2.45) is 21.0 Å². The maximum atomic E-state index is 5.76. The third-order valence-corrected chi connectivity index (χ3v) is 3.13. The zero-order valence-corrected chi connectivity index (χ0v) is 10.9. The summed E-state index contributed by atoms with van der Waals surface area (Å²) in [6, 6.07) is 9.63. The molecule has 0 fully saturated rings. The molecule has 1 unspecified atom stereocenters. The van der Waals surface area contributed by atoms with Crippen molar-refractivity contribution in [2.75, 3.05) is 5.43 Å². The third-order valence-electron chi connectivity index (χ3n) is 2.52. The van der Waals surface area contributed by atoms with Crippen LogP contribution in [0.2, 0.25) is 0 Å². The van der Waals surface area contributed by atoms with Crippen LogP contribution in [0.1, 0.15) is 13.3 Å². The van der Waals surface area contributed by atoms with Crippen LogP contribution in [-0.2, 0) is 0 Å². The van der Waals surface area contributed by atoms with Crippen LogP contribution in [0.15, 0.2) is 45.6 Å². The summed E-state index contributed by atoms with van der Waals surface area (Å²) in [4.78, 5) is 0. The van der Waals surface area contributed by atoms with Gasteiger partial charge in [0, 0.05) is 5.25 Å². The topological polar surface area (TPSA) is 75.1 Å². The number of rotatable bonds is 4. The molecule has 6 heteroatoms. The van der Waals surface area contributed by atoms with Crippen LogP contribution in [0.4, 0.5) is 5.69 Å². The Morgan fingerprint density at radius 3 is 2.72 bits per heavy atom. The van der Waals surface area contributed by atoms with Gasteiger partial charge in [-0.2, -0.15) is 17.7 Å². The van der Waals surface area contributed by atoms with Crippen LogP contribution in [-0.4, -0.2) is 22.5 Å². The van der Waals surface area contributed by atoms with Crippen LogP contribution in [0.5, 0.6) is 0 Å². The van der Waals surface area contributed by atoms with E-state index in [1.54, 1.807) is 0 Å². The van der Waals surface area contributed by atoms with E-state index in [9.17, 15) is 0 Å². The van der Waals surface area contributed by atoms with Gasteiger partial charge in [0.1, 0.15) is 5.71 Å². The Labute approximate surface area is 111 Å². The summed E-state index contributed by atoms with van der Waals surface area (Å²) in [5.41, 5.74) is 10.9. The lowest BCUT2D eigenvalue weighted by Gasteiger charge is -2.08. The van der Waals surface area contributed by atoms with E-state index < -0.39 is 0 Å². The summed E-state index contributed by atoms with van der Waals surface area (Å²) >= 11 is 4.44. The molecule has 0 amide bonds. The minimum absolute atomic E-state index is 0.00822. The number of thiol groups is 1. The van der Waals surface area contributed by atoms with Gasteiger partial charge in [-0.15, -0.1) is 10.2 Å². The Morgan fingerprint density at radius 1 is 1.33 bits per heavy atom. The molecule has 94 valence electrons. The van der Waals surface area contributed by atoms with Crippen molar-refractivity contribution >= 4 is 35.6 Å². The minimum atomic E-state index is -0.00822. The average molecular weight is 261 g/mol. The van der Waals surface area contributed by atoms with Crippen molar-refractivity contribution in [3.8, 4) is 0 Å². The van der Waals surface area contributed by atoms with Gasteiger partial charge in [0.25, 0.3) is 0 Å². The highest BCUT2D eigenvalue weighted by Crippen LogP contribution is 2.11. The Bertz CT molecular complexity index is 506. The number of anilines is 1. The number of nitrogens with two attached hydrogens (primary N) is 1. The number of benzene rings is 1. The van der Waals surface area contributed by atoms with E-state index in [1.165, 1.54) is 0 Å². The van der Waals surface area contributed by atoms with Gasteiger partial charge in [-0.05, 0) is 18.6 Å². The van der Waals surface area contributed by atoms with Crippen LogP contribution in [0, 0.1) is 0 Å². The third kappa shape index (κ3) is 2.70. The first-order valence-corrected chi connectivity index (χ1v) is 6.22. The number of para-hydroxylation sites is 1. The molecule has 1 aliphatic rings. The van der Waals surface area contributed by atoms with Crippen LogP contribution in [0.3, 0.4) is 0 Å². The molecule has 0 bridgehead atoms. The van der Waals surface area contributed by atoms with Crippen LogP contribution in [0.25, 0.3) is 0 Å². The molecule has 1 atom stereocenters. The van der Waals surface area contributed by atoms with Gasteiger partial charge in [0.2, 0.25) is 0 Å². The van der Waals surface area contributed by atoms with Gasteiger partial charge in [-0.1, -0.05) is 25.1 Å². The summed E-state index contributed by atoms with van der Waals surface area (Å²) < 4.78 is 0. The van der Waals surface area contributed by atoms with Crippen molar-refractivity contribution in [1.82, 2.24) is 0 Å². The normalized spacial score (nSPS) is 18.4. The quantitative estimate of drug-likeness (QED) is 0.572. The van der Waals surface area contributed by atoms with Crippen molar-refractivity contribution in [2.45, 2.75) is 18.6 Å². The molecule has 1 aliphatic heterocycles. The van der Waals surface area contributed by atoms with E-state index in [2.05, 4.69) is 33.4 Å². The second kappa shape index (κ2) is 5.68. The molecule has 18 heavy (non-hydrogen) atoms. The highest BCUT2D eigenvalue weighted by atomic mass is 32.1. The fourth-order valence-electron chi connectivity index (χ4n) is 1.50. The van der Waals surface area contributed by atoms with Gasteiger partial charge in [0.05, 0.1) is 5.69 Å². The number of hydrogen-bond acceptors (Lipinski definition) is 6. The number of amidine groups is 1. The van der Waals surface area contributed by atoms with Crippen LogP contribution < -0.4 is 11.2 Å². The van der Waals surface area contributed by atoms with Crippen molar-refractivity contribution in [3.63, 3.8) is 0 Å². The zero-order valence-electron chi connectivity index (χ0n) is 10.0. The summed E-state index contributed by atoms with van der Waals surface area (Å²) in [6.45, 7) is 2.02. The maximum Gasteiger partial charge on any atom is 0.175 e. The Kier molecular flexibility index (Phi) is 3.99. The Balaban J connectivity index is 2.15. The zero-order chi connectivity index (χ0) is 13.0. The van der Waals surface area contributed by atoms with E-state index in [0.717, 1.165) is 12.1 Å². The first-order valence-electron chi connectivity index (χ1n) is 5.71. The van der Waals surface area contributed by atoms with E-state index in [0.29, 0.717) is 17.3 Å².